The van der Waals surface area contributed by atoms with Gasteiger partial charge in [-0.3, -0.25) is 0 Å². The van der Waals surface area contributed by atoms with Gasteiger partial charge in [0.2, 0.25) is 11.8 Å². The number of ether oxygens (including phenoxy) is 2. The third kappa shape index (κ3) is 4.93. The van der Waals surface area contributed by atoms with Crippen LogP contribution < -0.4 is 15.2 Å². The molecule has 0 fully saturated rings. The number of anilines is 1. The van der Waals surface area contributed by atoms with Gasteiger partial charge in [-0.05, 0) is 29.7 Å². The highest BCUT2D eigenvalue weighted by Crippen LogP contribution is 2.23. The Morgan fingerprint density at radius 1 is 1.10 bits per heavy atom. The molecule has 0 amide bonds. The van der Waals surface area contributed by atoms with Crippen molar-refractivity contribution in [3.8, 4) is 11.8 Å². The zero-order valence-corrected chi connectivity index (χ0v) is 13.8. The summed E-state index contributed by atoms with van der Waals surface area (Å²) in [6.45, 7) is 5.18. The maximum atomic E-state index is 5.85. The lowest BCUT2D eigenvalue weighted by Crippen LogP contribution is -2.08. The van der Waals surface area contributed by atoms with E-state index in [1.54, 1.807) is 12.1 Å². The van der Waals surface area contributed by atoms with Gasteiger partial charge in [0, 0.05) is 10.5 Å². The van der Waals surface area contributed by atoms with Crippen LogP contribution in [0.5, 0.6) is 11.8 Å². The minimum absolute atomic E-state index is 0.415. The van der Waals surface area contributed by atoms with E-state index in [1.165, 1.54) is 0 Å². The first-order valence-corrected chi connectivity index (χ1v) is 7.60. The van der Waals surface area contributed by atoms with Crippen molar-refractivity contribution in [1.29, 1.82) is 0 Å². The van der Waals surface area contributed by atoms with E-state index in [0.717, 1.165) is 10.0 Å². The molecule has 112 valence electrons. The smallest absolute Gasteiger partial charge is 0.240 e. The first-order valence-electron chi connectivity index (χ1n) is 6.81. The largest absolute Gasteiger partial charge is 0.476 e. The van der Waals surface area contributed by atoms with Gasteiger partial charge in [-0.2, -0.15) is 4.98 Å². The third-order valence-electron chi connectivity index (χ3n) is 2.72. The zero-order valence-electron chi connectivity index (χ0n) is 12.2. The molecule has 0 aliphatic heterocycles. The number of nitrogens with two attached hydrogens (primary N) is 1. The molecule has 2 aromatic rings. The molecule has 0 atom stereocenters. The van der Waals surface area contributed by atoms with Crippen molar-refractivity contribution in [3.63, 3.8) is 0 Å². The predicted molar refractivity (Wildman–Crippen MR) is 87.5 cm³/mol. The van der Waals surface area contributed by atoms with Crippen LogP contribution in [0, 0.1) is 5.92 Å². The third-order valence-corrected chi connectivity index (χ3v) is 3.25. The minimum atomic E-state index is 0.415. The van der Waals surface area contributed by atoms with Crippen molar-refractivity contribution in [2.24, 2.45) is 5.92 Å². The molecule has 0 saturated heterocycles. The number of hydrogen-bond donors (Lipinski definition) is 1. The first kappa shape index (κ1) is 15.6. The maximum Gasteiger partial charge on any atom is 0.240 e. The summed E-state index contributed by atoms with van der Waals surface area (Å²) >= 11 is 3.40. The lowest BCUT2D eigenvalue weighted by atomic mass is 10.2. The second-order valence-corrected chi connectivity index (χ2v) is 6.08. The molecule has 1 heterocycles. The van der Waals surface area contributed by atoms with Crippen LogP contribution in [0.3, 0.4) is 0 Å². The highest BCUT2D eigenvalue weighted by molar-refractivity contribution is 9.10. The van der Waals surface area contributed by atoms with Gasteiger partial charge in [-0.1, -0.05) is 41.9 Å². The van der Waals surface area contributed by atoms with E-state index in [4.69, 9.17) is 15.2 Å². The molecular formula is C16H19BrN2O2. The molecule has 0 aliphatic carbocycles. The Hall–Kier alpha value is -1.75. The summed E-state index contributed by atoms with van der Waals surface area (Å²) in [5.74, 6) is 1.35. The van der Waals surface area contributed by atoms with Crippen LogP contribution in [0.4, 0.5) is 5.69 Å². The average molecular weight is 351 g/mol. The molecular weight excluding hydrogens is 332 g/mol. The van der Waals surface area contributed by atoms with Crippen molar-refractivity contribution in [2.45, 2.75) is 20.5 Å². The Morgan fingerprint density at radius 2 is 1.81 bits per heavy atom. The fraction of sp³-hybridized carbons (Fsp3) is 0.312. The van der Waals surface area contributed by atoms with E-state index in [-0.39, 0.29) is 0 Å². The van der Waals surface area contributed by atoms with E-state index in [1.807, 2.05) is 24.3 Å². The normalized spacial score (nSPS) is 10.7. The van der Waals surface area contributed by atoms with Crippen molar-refractivity contribution >= 4 is 21.6 Å². The van der Waals surface area contributed by atoms with Gasteiger partial charge in [0.15, 0.2) is 0 Å². The summed E-state index contributed by atoms with van der Waals surface area (Å²) in [7, 11) is 0. The molecule has 2 N–H and O–H groups in total. The molecule has 4 nitrogen and oxygen atoms in total. The molecule has 0 saturated carbocycles. The second-order valence-electron chi connectivity index (χ2n) is 5.16. The van der Waals surface area contributed by atoms with Crippen LogP contribution >= 0.6 is 15.9 Å². The van der Waals surface area contributed by atoms with Crippen molar-refractivity contribution in [3.05, 3.63) is 46.4 Å². The zero-order chi connectivity index (χ0) is 15.2. The number of nitrogens with zero attached hydrogens (tertiary/aromatic N) is 1. The Labute approximate surface area is 133 Å². The van der Waals surface area contributed by atoms with E-state index in [9.17, 15) is 0 Å². The molecule has 2 rings (SSSR count). The van der Waals surface area contributed by atoms with Crippen LogP contribution in [0.2, 0.25) is 0 Å². The SMILES string of the molecule is CC(C)COc1nc(OCc2ccc(Br)cc2)ccc1N. The standard InChI is InChI=1S/C16H19BrN2O2/c1-11(2)9-21-16-14(18)7-8-15(19-16)20-10-12-3-5-13(17)6-4-12/h3-8,11H,9-10,18H2,1-2H3. The van der Waals surface area contributed by atoms with Gasteiger partial charge in [-0.25, -0.2) is 0 Å². The quantitative estimate of drug-likeness (QED) is 0.853. The first-order chi connectivity index (χ1) is 10.0. The van der Waals surface area contributed by atoms with E-state index < -0.39 is 0 Å². The number of hydrogen-bond acceptors (Lipinski definition) is 4. The molecule has 1 aromatic heterocycles. The van der Waals surface area contributed by atoms with Crippen LogP contribution in [-0.2, 0) is 6.61 Å². The minimum Gasteiger partial charge on any atom is -0.476 e. The second kappa shape index (κ2) is 7.31. The molecule has 1 aromatic carbocycles. The van der Waals surface area contributed by atoms with Crippen LogP contribution in [-0.4, -0.2) is 11.6 Å². The van der Waals surface area contributed by atoms with Gasteiger partial charge in [0.25, 0.3) is 0 Å². The topological polar surface area (TPSA) is 57.4 Å². The predicted octanol–water partition coefficient (Wildman–Crippen LogP) is 4.04. The summed E-state index contributed by atoms with van der Waals surface area (Å²) in [6, 6.07) is 11.4. The maximum absolute atomic E-state index is 5.85. The average Bonchev–Trinajstić information content (AvgIpc) is 2.46. The number of aromatic nitrogens is 1. The van der Waals surface area contributed by atoms with Gasteiger partial charge >= 0.3 is 0 Å². The lowest BCUT2D eigenvalue weighted by Gasteiger charge is -2.12. The lowest BCUT2D eigenvalue weighted by molar-refractivity contribution is 0.250. The molecule has 0 aliphatic rings. The fourth-order valence-electron chi connectivity index (χ4n) is 1.61. The Kier molecular flexibility index (Phi) is 5.44. The van der Waals surface area contributed by atoms with Crippen LogP contribution in [0.25, 0.3) is 0 Å². The van der Waals surface area contributed by atoms with E-state index in [2.05, 4.69) is 34.8 Å². The summed E-state index contributed by atoms with van der Waals surface area (Å²) in [5.41, 5.74) is 7.44. The Morgan fingerprint density at radius 3 is 2.48 bits per heavy atom. The Bertz CT molecular complexity index is 585. The summed E-state index contributed by atoms with van der Waals surface area (Å²) in [5, 5.41) is 0. The molecule has 0 radical (unpaired) electrons. The molecule has 5 heteroatoms. The van der Waals surface area contributed by atoms with Crippen LogP contribution in [0.1, 0.15) is 19.4 Å². The van der Waals surface area contributed by atoms with Crippen molar-refractivity contribution in [2.75, 3.05) is 12.3 Å². The monoisotopic (exact) mass is 350 g/mol. The van der Waals surface area contributed by atoms with Gasteiger partial charge in [0.05, 0.1) is 12.3 Å². The van der Waals surface area contributed by atoms with Crippen molar-refractivity contribution < 1.29 is 9.47 Å². The molecule has 0 spiro atoms. The van der Waals surface area contributed by atoms with E-state index in [0.29, 0.717) is 36.6 Å². The highest BCUT2D eigenvalue weighted by Gasteiger charge is 2.07. The number of benzene rings is 1. The van der Waals surface area contributed by atoms with E-state index >= 15 is 0 Å². The fourth-order valence-corrected chi connectivity index (χ4v) is 1.88. The molecule has 0 unspecified atom stereocenters. The molecule has 0 bridgehead atoms. The Balaban J connectivity index is 1.99. The molecule has 21 heavy (non-hydrogen) atoms. The van der Waals surface area contributed by atoms with Gasteiger partial charge in [0.1, 0.15) is 6.61 Å². The number of rotatable bonds is 6. The van der Waals surface area contributed by atoms with Crippen LogP contribution in [0.15, 0.2) is 40.9 Å². The summed E-state index contributed by atoms with van der Waals surface area (Å²) < 4.78 is 12.3. The summed E-state index contributed by atoms with van der Waals surface area (Å²) in [6.07, 6.45) is 0. The highest BCUT2D eigenvalue weighted by atomic mass is 79.9. The number of pyridine rings is 1. The van der Waals surface area contributed by atoms with Gasteiger partial charge < -0.3 is 15.2 Å². The summed E-state index contributed by atoms with van der Waals surface area (Å²) in [4.78, 5) is 4.30. The van der Waals surface area contributed by atoms with Gasteiger partial charge in [-0.15, -0.1) is 0 Å². The number of halogens is 1. The number of nitrogen functional groups attached to an aromatic ring is 1. The van der Waals surface area contributed by atoms with Crippen molar-refractivity contribution in [1.82, 2.24) is 4.98 Å².